The fraction of sp³-hybridized carbons (Fsp3) is 0.538. The van der Waals surface area contributed by atoms with Crippen molar-refractivity contribution in [3.63, 3.8) is 0 Å². The monoisotopic (exact) mass is 235 g/mol. The number of hydrogen-bond donors (Lipinski definition) is 0. The Morgan fingerprint density at radius 3 is 2.47 bits per heavy atom. The lowest BCUT2D eigenvalue weighted by Crippen LogP contribution is -2.40. The molecule has 0 radical (unpaired) electrons. The normalized spacial score (nSPS) is 16.4. The van der Waals surface area contributed by atoms with Gasteiger partial charge in [0.25, 0.3) is 5.91 Å². The highest BCUT2D eigenvalue weighted by atomic mass is 16.3. The maximum atomic E-state index is 12.3. The highest BCUT2D eigenvalue weighted by Crippen LogP contribution is 2.23. The molecule has 0 N–H and O–H groups in total. The first-order valence-electron chi connectivity index (χ1n) is 5.88. The Kier molecular flexibility index (Phi) is 3.05. The number of likely N-dealkylation sites (tertiary alicyclic amines) is 1. The molecule has 0 spiro atoms. The van der Waals surface area contributed by atoms with Crippen LogP contribution in [0.4, 0.5) is 0 Å². The average molecular weight is 235 g/mol. The van der Waals surface area contributed by atoms with E-state index in [-0.39, 0.29) is 18.2 Å². The lowest BCUT2D eigenvalue weighted by Gasteiger charge is -2.25. The quantitative estimate of drug-likeness (QED) is 0.748. The van der Waals surface area contributed by atoms with Crippen molar-refractivity contribution in [1.29, 1.82) is 0 Å². The largest absolute Gasteiger partial charge is 0.466 e. The van der Waals surface area contributed by atoms with Gasteiger partial charge in [0.2, 0.25) is 0 Å². The summed E-state index contributed by atoms with van der Waals surface area (Å²) in [6.07, 6.45) is 1.35. The van der Waals surface area contributed by atoms with Gasteiger partial charge in [-0.1, -0.05) is 0 Å². The summed E-state index contributed by atoms with van der Waals surface area (Å²) in [5.41, 5.74) is 1.50. The smallest absolute Gasteiger partial charge is 0.258 e. The SMILES string of the molecule is Cc1oc(C)c(C(=O)N2CCCC(=O)C2)c1C. The molecule has 2 heterocycles. The van der Waals surface area contributed by atoms with Crippen LogP contribution in [0.5, 0.6) is 0 Å². The zero-order valence-electron chi connectivity index (χ0n) is 10.5. The highest BCUT2D eigenvalue weighted by molar-refractivity contribution is 5.99. The summed E-state index contributed by atoms with van der Waals surface area (Å²) in [5.74, 6) is 1.47. The third kappa shape index (κ3) is 2.12. The van der Waals surface area contributed by atoms with Crippen LogP contribution < -0.4 is 0 Å². The van der Waals surface area contributed by atoms with Gasteiger partial charge in [-0.05, 0) is 27.2 Å². The van der Waals surface area contributed by atoms with Gasteiger partial charge in [-0.2, -0.15) is 0 Å². The van der Waals surface area contributed by atoms with E-state index in [4.69, 9.17) is 4.42 Å². The maximum Gasteiger partial charge on any atom is 0.258 e. The second-order valence-electron chi connectivity index (χ2n) is 4.58. The van der Waals surface area contributed by atoms with Crippen molar-refractivity contribution in [3.05, 3.63) is 22.6 Å². The number of aryl methyl sites for hydroxylation is 2. The van der Waals surface area contributed by atoms with Crippen molar-refractivity contribution in [2.24, 2.45) is 0 Å². The molecule has 4 heteroatoms. The Morgan fingerprint density at radius 1 is 1.24 bits per heavy atom. The van der Waals surface area contributed by atoms with E-state index in [0.717, 1.165) is 17.7 Å². The molecule has 92 valence electrons. The molecular formula is C13H17NO3. The van der Waals surface area contributed by atoms with Gasteiger partial charge in [-0.3, -0.25) is 9.59 Å². The van der Waals surface area contributed by atoms with Gasteiger partial charge in [-0.15, -0.1) is 0 Å². The Balaban J connectivity index is 2.27. The Bertz CT molecular complexity index is 473. The van der Waals surface area contributed by atoms with Crippen LogP contribution in [0.25, 0.3) is 0 Å². The maximum absolute atomic E-state index is 12.3. The molecular weight excluding hydrogens is 218 g/mol. The number of Topliss-reactive ketones (excluding diaryl/α,β-unsaturated/α-hetero) is 1. The van der Waals surface area contributed by atoms with Gasteiger partial charge in [0.15, 0.2) is 5.78 Å². The zero-order chi connectivity index (χ0) is 12.6. The predicted octanol–water partition coefficient (Wildman–Crippen LogP) is 2.01. The number of furan rings is 1. The molecule has 0 saturated carbocycles. The third-order valence-corrected chi connectivity index (χ3v) is 3.31. The summed E-state index contributed by atoms with van der Waals surface area (Å²) in [5, 5.41) is 0. The molecule has 1 fully saturated rings. The van der Waals surface area contributed by atoms with Crippen molar-refractivity contribution in [3.8, 4) is 0 Å². The summed E-state index contributed by atoms with van der Waals surface area (Å²) in [4.78, 5) is 25.3. The second-order valence-corrected chi connectivity index (χ2v) is 4.58. The number of nitrogens with zero attached hydrogens (tertiary/aromatic N) is 1. The van der Waals surface area contributed by atoms with Crippen molar-refractivity contribution in [2.45, 2.75) is 33.6 Å². The van der Waals surface area contributed by atoms with Gasteiger partial charge < -0.3 is 9.32 Å². The summed E-state index contributed by atoms with van der Waals surface area (Å²) in [6.45, 7) is 6.42. The lowest BCUT2D eigenvalue weighted by molar-refractivity contribution is -0.121. The summed E-state index contributed by atoms with van der Waals surface area (Å²) >= 11 is 0. The first kappa shape index (κ1) is 11.9. The van der Waals surface area contributed by atoms with E-state index < -0.39 is 0 Å². The molecule has 1 aliphatic rings. The number of piperidine rings is 1. The number of rotatable bonds is 1. The van der Waals surface area contributed by atoms with Crippen LogP contribution in [0.1, 0.15) is 40.3 Å². The Morgan fingerprint density at radius 2 is 1.94 bits per heavy atom. The van der Waals surface area contributed by atoms with E-state index in [2.05, 4.69) is 0 Å². The zero-order valence-corrected chi connectivity index (χ0v) is 10.5. The molecule has 1 aromatic heterocycles. The molecule has 0 unspecified atom stereocenters. The van der Waals surface area contributed by atoms with Gasteiger partial charge >= 0.3 is 0 Å². The molecule has 2 rings (SSSR count). The Hall–Kier alpha value is -1.58. The van der Waals surface area contributed by atoms with Crippen molar-refractivity contribution in [2.75, 3.05) is 13.1 Å². The van der Waals surface area contributed by atoms with Crippen LogP contribution in [0.3, 0.4) is 0 Å². The van der Waals surface area contributed by atoms with Gasteiger partial charge in [0.1, 0.15) is 11.5 Å². The van der Waals surface area contributed by atoms with Gasteiger partial charge in [-0.25, -0.2) is 0 Å². The van der Waals surface area contributed by atoms with E-state index in [0.29, 0.717) is 24.3 Å². The predicted molar refractivity (Wildman–Crippen MR) is 63.1 cm³/mol. The standard InChI is InChI=1S/C13H17NO3/c1-8-9(2)17-10(3)12(8)13(16)14-6-4-5-11(15)7-14/h4-7H2,1-3H3. The fourth-order valence-corrected chi connectivity index (χ4v) is 2.28. The molecule has 1 aliphatic heterocycles. The Labute approximate surface area is 101 Å². The van der Waals surface area contributed by atoms with E-state index in [9.17, 15) is 9.59 Å². The topological polar surface area (TPSA) is 50.5 Å². The third-order valence-electron chi connectivity index (χ3n) is 3.31. The first-order chi connectivity index (χ1) is 8.00. The molecule has 0 bridgehead atoms. The van der Waals surface area contributed by atoms with Crippen molar-refractivity contribution < 1.29 is 14.0 Å². The van der Waals surface area contributed by atoms with E-state index in [1.54, 1.807) is 11.8 Å². The van der Waals surface area contributed by atoms with E-state index in [1.807, 2.05) is 13.8 Å². The van der Waals surface area contributed by atoms with Crippen LogP contribution in [0.2, 0.25) is 0 Å². The number of carbonyl (C=O) groups is 2. The van der Waals surface area contributed by atoms with Gasteiger partial charge in [0, 0.05) is 18.5 Å². The fourth-order valence-electron chi connectivity index (χ4n) is 2.28. The van der Waals surface area contributed by atoms with Crippen LogP contribution in [-0.2, 0) is 4.79 Å². The summed E-state index contributed by atoms with van der Waals surface area (Å²) < 4.78 is 5.45. The second kappa shape index (κ2) is 4.35. The first-order valence-corrected chi connectivity index (χ1v) is 5.88. The molecule has 1 amide bonds. The van der Waals surface area contributed by atoms with Crippen LogP contribution in [-0.4, -0.2) is 29.7 Å². The molecule has 0 aromatic carbocycles. The van der Waals surface area contributed by atoms with Crippen LogP contribution >= 0.6 is 0 Å². The van der Waals surface area contributed by atoms with Crippen molar-refractivity contribution >= 4 is 11.7 Å². The number of ketones is 1. The number of carbonyl (C=O) groups excluding carboxylic acids is 2. The highest BCUT2D eigenvalue weighted by Gasteiger charge is 2.27. The summed E-state index contributed by atoms with van der Waals surface area (Å²) in [7, 11) is 0. The summed E-state index contributed by atoms with van der Waals surface area (Å²) in [6, 6.07) is 0. The molecule has 0 aliphatic carbocycles. The van der Waals surface area contributed by atoms with Crippen LogP contribution in [0.15, 0.2) is 4.42 Å². The average Bonchev–Trinajstić information content (AvgIpc) is 2.52. The minimum atomic E-state index is -0.0788. The van der Waals surface area contributed by atoms with Crippen LogP contribution in [0, 0.1) is 20.8 Å². The number of hydrogen-bond acceptors (Lipinski definition) is 3. The van der Waals surface area contributed by atoms with Crippen molar-refractivity contribution in [1.82, 2.24) is 4.90 Å². The number of amides is 1. The molecule has 1 saturated heterocycles. The van der Waals surface area contributed by atoms with Gasteiger partial charge in [0.05, 0.1) is 12.1 Å². The molecule has 1 aromatic rings. The molecule has 0 atom stereocenters. The molecule has 17 heavy (non-hydrogen) atoms. The minimum Gasteiger partial charge on any atom is -0.466 e. The minimum absolute atomic E-state index is 0.0788. The molecule has 4 nitrogen and oxygen atoms in total. The van der Waals surface area contributed by atoms with E-state index >= 15 is 0 Å². The van der Waals surface area contributed by atoms with E-state index in [1.165, 1.54) is 0 Å². The lowest BCUT2D eigenvalue weighted by atomic mass is 10.1.